The standard InChI is InChI=1S/C18H18OS/c1-12-7-8-14(9-13(12)2)10-16(19)18-11-15-5-3-4-6-17(15)20-18/h3-9,11,16,19H,10H2,1-2H3. The van der Waals surface area contributed by atoms with Crippen LogP contribution in [0, 0.1) is 13.8 Å². The zero-order chi connectivity index (χ0) is 14.1. The van der Waals surface area contributed by atoms with Crippen molar-refractivity contribution >= 4 is 21.4 Å². The van der Waals surface area contributed by atoms with Gasteiger partial charge in [0.2, 0.25) is 0 Å². The van der Waals surface area contributed by atoms with Gasteiger partial charge in [0.05, 0.1) is 6.10 Å². The van der Waals surface area contributed by atoms with Gasteiger partial charge in [0.15, 0.2) is 0 Å². The molecule has 1 nitrogen and oxygen atoms in total. The fourth-order valence-electron chi connectivity index (χ4n) is 2.42. The molecule has 20 heavy (non-hydrogen) atoms. The molecular formula is C18H18OS. The topological polar surface area (TPSA) is 20.2 Å². The van der Waals surface area contributed by atoms with Crippen molar-refractivity contribution in [2.45, 2.75) is 26.4 Å². The average molecular weight is 282 g/mol. The number of hydrogen-bond donors (Lipinski definition) is 1. The van der Waals surface area contributed by atoms with Crippen LogP contribution in [-0.2, 0) is 6.42 Å². The normalized spacial score (nSPS) is 12.8. The SMILES string of the molecule is Cc1ccc(CC(O)c2cc3ccccc3s2)cc1C. The molecule has 0 radical (unpaired) electrons. The number of aryl methyl sites for hydroxylation is 2. The van der Waals surface area contributed by atoms with Gasteiger partial charge in [0, 0.05) is 16.0 Å². The van der Waals surface area contributed by atoms with Crippen LogP contribution in [0.3, 0.4) is 0 Å². The first-order chi connectivity index (χ1) is 9.63. The zero-order valence-electron chi connectivity index (χ0n) is 11.8. The van der Waals surface area contributed by atoms with Crippen molar-refractivity contribution in [2.75, 3.05) is 0 Å². The Morgan fingerprint density at radius 2 is 1.80 bits per heavy atom. The summed E-state index contributed by atoms with van der Waals surface area (Å²) in [6.07, 6.45) is 0.253. The number of aliphatic hydroxyl groups excluding tert-OH is 1. The first-order valence-electron chi connectivity index (χ1n) is 6.86. The minimum absolute atomic E-state index is 0.422. The molecule has 2 heteroatoms. The van der Waals surface area contributed by atoms with Gasteiger partial charge in [-0.05, 0) is 48.1 Å². The van der Waals surface area contributed by atoms with Gasteiger partial charge in [0.1, 0.15) is 0 Å². The summed E-state index contributed by atoms with van der Waals surface area (Å²) in [5.74, 6) is 0. The molecule has 1 unspecified atom stereocenters. The molecule has 0 fully saturated rings. The Balaban J connectivity index is 1.84. The Bertz CT molecular complexity index is 709. The van der Waals surface area contributed by atoms with Gasteiger partial charge >= 0.3 is 0 Å². The van der Waals surface area contributed by atoms with Crippen molar-refractivity contribution in [3.8, 4) is 0 Å². The molecule has 0 saturated heterocycles. The number of benzene rings is 2. The first kappa shape index (κ1) is 13.3. The van der Waals surface area contributed by atoms with E-state index in [0.717, 1.165) is 4.88 Å². The Kier molecular flexibility index (Phi) is 3.60. The second-order valence-electron chi connectivity index (χ2n) is 5.33. The second kappa shape index (κ2) is 5.39. The maximum absolute atomic E-state index is 10.4. The minimum Gasteiger partial charge on any atom is -0.387 e. The Morgan fingerprint density at radius 3 is 2.55 bits per heavy atom. The number of hydrogen-bond acceptors (Lipinski definition) is 2. The van der Waals surface area contributed by atoms with Crippen LogP contribution in [-0.4, -0.2) is 5.11 Å². The van der Waals surface area contributed by atoms with Crippen LogP contribution in [0.25, 0.3) is 10.1 Å². The lowest BCUT2D eigenvalue weighted by atomic mass is 10.0. The molecule has 3 aromatic rings. The molecule has 1 aromatic heterocycles. The van der Waals surface area contributed by atoms with Gasteiger partial charge < -0.3 is 5.11 Å². The van der Waals surface area contributed by atoms with E-state index in [4.69, 9.17) is 0 Å². The van der Waals surface area contributed by atoms with Gasteiger partial charge in [-0.3, -0.25) is 0 Å². The number of thiophene rings is 1. The Morgan fingerprint density at radius 1 is 1.00 bits per heavy atom. The molecule has 0 bridgehead atoms. The molecule has 1 N–H and O–H groups in total. The predicted octanol–water partition coefficient (Wildman–Crippen LogP) is 4.79. The molecule has 0 amide bonds. The molecule has 1 atom stereocenters. The Hall–Kier alpha value is -1.64. The summed E-state index contributed by atoms with van der Waals surface area (Å²) < 4.78 is 1.24. The summed E-state index contributed by atoms with van der Waals surface area (Å²) in [5, 5.41) is 11.7. The molecule has 3 rings (SSSR count). The summed E-state index contributed by atoms with van der Waals surface area (Å²) >= 11 is 1.68. The van der Waals surface area contributed by atoms with E-state index < -0.39 is 6.10 Å². The highest BCUT2D eigenvalue weighted by atomic mass is 32.1. The lowest BCUT2D eigenvalue weighted by molar-refractivity contribution is 0.182. The summed E-state index contributed by atoms with van der Waals surface area (Å²) in [7, 11) is 0. The van der Waals surface area contributed by atoms with Crippen molar-refractivity contribution < 1.29 is 5.11 Å². The van der Waals surface area contributed by atoms with Crippen LogP contribution in [0.5, 0.6) is 0 Å². The molecule has 0 aliphatic heterocycles. The van der Waals surface area contributed by atoms with E-state index in [1.807, 2.05) is 12.1 Å². The summed E-state index contributed by atoms with van der Waals surface area (Å²) in [5.41, 5.74) is 3.77. The van der Waals surface area contributed by atoms with E-state index >= 15 is 0 Å². The van der Waals surface area contributed by atoms with Crippen molar-refractivity contribution in [3.05, 3.63) is 70.1 Å². The summed E-state index contributed by atoms with van der Waals surface area (Å²) in [6, 6.07) is 16.8. The van der Waals surface area contributed by atoms with E-state index in [-0.39, 0.29) is 0 Å². The van der Waals surface area contributed by atoms with Crippen molar-refractivity contribution in [1.29, 1.82) is 0 Å². The van der Waals surface area contributed by atoms with Crippen LogP contribution in [0.15, 0.2) is 48.5 Å². The van der Waals surface area contributed by atoms with Gasteiger partial charge in [-0.15, -0.1) is 11.3 Å². The average Bonchev–Trinajstić information content (AvgIpc) is 2.87. The third-order valence-corrected chi connectivity index (χ3v) is 4.99. The number of fused-ring (bicyclic) bond motifs is 1. The van der Waals surface area contributed by atoms with Gasteiger partial charge in [-0.2, -0.15) is 0 Å². The highest BCUT2D eigenvalue weighted by molar-refractivity contribution is 7.19. The van der Waals surface area contributed by atoms with E-state index in [9.17, 15) is 5.11 Å². The van der Waals surface area contributed by atoms with Gasteiger partial charge in [-0.1, -0.05) is 36.4 Å². The first-order valence-corrected chi connectivity index (χ1v) is 7.68. The molecule has 1 heterocycles. The summed E-state index contributed by atoms with van der Waals surface area (Å²) in [6.45, 7) is 4.23. The Labute approximate surface area is 123 Å². The van der Waals surface area contributed by atoms with Crippen LogP contribution in [0.4, 0.5) is 0 Å². The third-order valence-electron chi connectivity index (χ3n) is 3.77. The lowest BCUT2D eigenvalue weighted by Crippen LogP contribution is -2.00. The summed E-state index contributed by atoms with van der Waals surface area (Å²) in [4.78, 5) is 1.05. The minimum atomic E-state index is -0.422. The largest absolute Gasteiger partial charge is 0.387 e. The van der Waals surface area contributed by atoms with E-state index in [2.05, 4.69) is 50.2 Å². The highest BCUT2D eigenvalue weighted by Crippen LogP contribution is 2.31. The number of rotatable bonds is 3. The monoisotopic (exact) mass is 282 g/mol. The van der Waals surface area contributed by atoms with E-state index in [1.54, 1.807) is 11.3 Å². The third kappa shape index (κ3) is 2.62. The predicted molar refractivity (Wildman–Crippen MR) is 86.4 cm³/mol. The van der Waals surface area contributed by atoms with Gasteiger partial charge in [-0.25, -0.2) is 0 Å². The molecule has 2 aromatic carbocycles. The molecule has 0 spiro atoms. The number of aliphatic hydroxyl groups is 1. The molecule has 0 aliphatic carbocycles. The van der Waals surface area contributed by atoms with Crippen molar-refractivity contribution in [3.63, 3.8) is 0 Å². The fourth-order valence-corrected chi connectivity index (χ4v) is 3.47. The van der Waals surface area contributed by atoms with Crippen LogP contribution in [0.1, 0.15) is 27.7 Å². The van der Waals surface area contributed by atoms with Crippen LogP contribution >= 0.6 is 11.3 Å². The maximum Gasteiger partial charge on any atom is 0.0922 e. The van der Waals surface area contributed by atoms with Gasteiger partial charge in [0.25, 0.3) is 0 Å². The molecular weight excluding hydrogens is 264 g/mol. The second-order valence-corrected chi connectivity index (χ2v) is 6.44. The zero-order valence-corrected chi connectivity index (χ0v) is 12.6. The van der Waals surface area contributed by atoms with E-state index in [0.29, 0.717) is 6.42 Å². The van der Waals surface area contributed by atoms with Crippen molar-refractivity contribution in [2.24, 2.45) is 0 Å². The molecule has 102 valence electrons. The van der Waals surface area contributed by atoms with Crippen LogP contribution < -0.4 is 0 Å². The van der Waals surface area contributed by atoms with Crippen molar-refractivity contribution in [1.82, 2.24) is 0 Å². The van der Waals surface area contributed by atoms with E-state index in [1.165, 1.54) is 26.8 Å². The lowest BCUT2D eigenvalue weighted by Gasteiger charge is -2.10. The highest BCUT2D eigenvalue weighted by Gasteiger charge is 2.12. The fraction of sp³-hybridized carbons (Fsp3) is 0.222. The smallest absolute Gasteiger partial charge is 0.0922 e. The maximum atomic E-state index is 10.4. The quantitative estimate of drug-likeness (QED) is 0.732. The molecule has 0 saturated carbocycles. The molecule has 0 aliphatic rings. The van der Waals surface area contributed by atoms with Crippen LogP contribution in [0.2, 0.25) is 0 Å².